The molecule has 0 aliphatic carbocycles. The van der Waals surface area contributed by atoms with E-state index >= 15 is 0 Å². The summed E-state index contributed by atoms with van der Waals surface area (Å²) in [5, 5.41) is 9.21. The number of benzene rings is 11. The number of rotatable bonds is 7. The Bertz CT molecular complexity index is 3920. The summed E-state index contributed by atoms with van der Waals surface area (Å²) in [4.78, 5) is 2.40. The minimum absolute atomic E-state index is 0.828. The van der Waals surface area contributed by atoms with Crippen LogP contribution in [-0.4, -0.2) is 0 Å². The smallest absolute Gasteiger partial charge is 0.145 e. The maximum atomic E-state index is 7.05. The van der Waals surface area contributed by atoms with Crippen molar-refractivity contribution >= 4 is 82.5 Å². The van der Waals surface area contributed by atoms with Crippen molar-refractivity contribution in [1.82, 2.24) is 0 Å². The molecule has 13 aromatic rings. The Hall–Kier alpha value is -8.66. The highest BCUT2D eigenvalue weighted by atomic mass is 16.3. The van der Waals surface area contributed by atoms with Crippen molar-refractivity contribution in [3.05, 3.63) is 237 Å². The molecule has 0 spiro atoms. The van der Waals surface area contributed by atoms with Crippen molar-refractivity contribution in [3.63, 3.8) is 0 Å². The van der Waals surface area contributed by atoms with Crippen LogP contribution >= 0.6 is 0 Å². The Morgan fingerprint density at radius 2 is 0.800 bits per heavy atom. The molecule has 0 amide bonds. The summed E-state index contributed by atoms with van der Waals surface area (Å²) < 4.78 is 13.8. The van der Waals surface area contributed by atoms with Crippen LogP contribution in [0.25, 0.3) is 110 Å². The van der Waals surface area contributed by atoms with Gasteiger partial charge >= 0.3 is 0 Å². The van der Waals surface area contributed by atoms with E-state index in [1.54, 1.807) is 0 Å². The summed E-state index contributed by atoms with van der Waals surface area (Å²) in [6.45, 7) is 0. The van der Waals surface area contributed by atoms with Crippen molar-refractivity contribution in [2.24, 2.45) is 0 Å². The normalized spacial score (nSPS) is 11.7. The monoisotopic (exact) mass is 829 g/mol. The van der Waals surface area contributed by atoms with E-state index in [0.717, 1.165) is 99.9 Å². The van der Waals surface area contributed by atoms with Gasteiger partial charge in [0.1, 0.15) is 22.3 Å². The second-order valence-electron chi connectivity index (χ2n) is 16.8. The zero-order chi connectivity index (χ0) is 42.8. The van der Waals surface area contributed by atoms with Gasteiger partial charge < -0.3 is 13.7 Å². The van der Waals surface area contributed by atoms with E-state index in [4.69, 9.17) is 8.83 Å². The van der Waals surface area contributed by atoms with Crippen LogP contribution in [0.2, 0.25) is 0 Å². The first-order valence-electron chi connectivity index (χ1n) is 22.1. The van der Waals surface area contributed by atoms with Crippen molar-refractivity contribution in [1.29, 1.82) is 0 Å². The van der Waals surface area contributed by atoms with Gasteiger partial charge in [-0.05, 0) is 127 Å². The number of hydrogen-bond acceptors (Lipinski definition) is 3. The first kappa shape index (κ1) is 36.9. The molecule has 0 atom stereocenters. The molecule has 2 heterocycles. The molecule has 3 nitrogen and oxygen atoms in total. The van der Waals surface area contributed by atoms with Crippen LogP contribution in [0, 0.1) is 0 Å². The standard InChI is InChI=1S/C62H39NO2/c1-4-13-40(14-5-1)46-28-33-53-58(38-46)64-57-22-12-21-55(60(53)57)63(49-30-25-42(26-31-49)45-27-32-51-48(37-45)24-23-44-19-10-11-20-50(44)51)56-36-35-52(43-17-8-3-9-18-43)62-61(56)54-34-29-47(39-59(54)65-62)41-15-6-2-7-16-41/h1-39H. The average molecular weight is 830 g/mol. The van der Waals surface area contributed by atoms with Gasteiger partial charge in [-0.15, -0.1) is 0 Å². The first-order valence-corrected chi connectivity index (χ1v) is 22.1. The molecule has 0 N–H and O–H groups in total. The number of furan rings is 2. The summed E-state index contributed by atoms with van der Waals surface area (Å²) in [5.41, 5.74) is 15.4. The molecular formula is C62H39NO2. The van der Waals surface area contributed by atoms with Crippen molar-refractivity contribution in [2.75, 3.05) is 4.90 Å². The fourth-order valence-electron chi connectivity index (χ4n) is 9.91. The Morgan fingerprint density at radius 1 is 0.277 bits per heavy atom. The fourth-order valence-corrected chi connectivity index (χ4v) is 9.91. The van der Waals surface area contributed by atoms with E-state index in [0.29, 0.717) is 0 Å². The quantitative estimate of drug-likeness (QED) is 0.150. The largest absolute Gasteiger partial charge is 0.456 e. The van der Waals surface area contributed by atoms with Gasteiger partial charge in [0.15, 0.2) is 0 Å². The van der Waals surface area contributed by atoms with Gasteiger partial charge in [-0.2, -0.15) is 0 Å². The zero-order valence-electron chi connectivity index (χ0n) is 35.3. The van der Waals surface area contributed by atoms with Crippen molar-refractivity contribution < 1.29 is 8.83 Å². The molecule has 0 aliphatic rings. The summed E-state index contributed by atoms with van der Waals surface area (Å²) in [7, 11) is 0. The van der Waals surface area contributed by atoms with Crippen LogP contribution in [0.15, 0.2) is 245 Å². The van der Waals surface area contributed by atoms with E-state index in [1.807, 2.05) is 0 Å². The van der Waals surface area contributed by atoms with E-state index in [9.17, 15) is 0 Å². The van der Waals surface area contributed by atoms with Gasteiger partial charge in [0.25, 0.3) is 0 Å². The molecule has 0 radical (unpaired) electrons. The van der Waals surface area contributed by atoms with Crippen molar-refractivity contribution in [3.8, 4) is 44.5 Å². The van der Waals surface area contributed by atoms with Gasteiger partial charge in [-0.3, -0.25) is 0 Å². The average Bonchev–Trinajstić information content (AvgIpc) is 3.96. The molecule has 2 aromatic heterocycles. The maximum Gasteiger partial charge on any atom is 0.145 e. The third-order valence-electron chi connectivity index (χ3n) is 13.1. The van der Waals surface area contributed by atoms with Gasteiger partial charge in [-0.25, -0.2) is 0 Å². The Balaban J connectivity index is 1.04. The number of fused-ring (bicyclic) bond motifs is 9. The number of hydrogen-bond donors (Lipinski definition) is 0. The topological polar surface area (TPSA) is 29.5 Å². The highest BCUT2D eigenvalue weighted by Gasteiger charge is 2.25. The molecule has 0 saturated carbocycles. The van der Waals surface area contributed by atoms with Crippen LogP contribution in [-0.2, 0) is 0 Å². The minimum atomic E-state index is 0.828. The predicted octanol–water partition coefficient (Wildman–Crippen LogP) is 17.9. The zero-order valence-corrected chi connectivity index (χ0v) is 35.3. The Labute approximate surface area is 375 Å². The van der Waals surface area contributed by atoms with Gasteiger partial charge in [0.2, 0.25) is 0 Å². The first-order chi connectivity index (χ1) is 32.2. The molecule has 11 aromatic carbocycles. The van der Waals surface area contributed by atoms with E-state index < -0.39 is 0 Å². The van der Waals surface area contributed by atoms with E-state index in [1.165, 1.54) is 27.1 Å². The van der Waals surface area contributed by atoms with Gasteiger partial charge in [-0.1, -0.05) is 170 Å². The molecule has 304 valence electrons. The van der Waals surface area contributed by atoms with Gasteiger partial charge in [0.05, 0.1) is 22.1 Å². The van der Waals surface area contributed by atoms with Crippen molar-refractivity contribution in [2.45, 2.75) is 0 Å². The van der Waals surface area contributed by atoms with Crippen LogP contribution < -0.4 is 4.90 Å². The second-order valence-corrected chi connectivity index (χ2v) is 16.8. The van der Waals surface area contributed by atoms with Crippen LogP contribution in [0.1, 0.15) is 0 Å². The van der Waals surface area contributed by atoms with Crippen LogP contribution in [0.5, 0.6) is 0 Å². The van der Waals surface area contributed by atoms with E-state index in [2.05, 4.69) is 241 Å². The second kappa shape index (κ2) is 15.0. The highest BCUT2D eigenvalue weighted by Crippen LogP contribution is 2.50. The SMILES string of the molecule is c1ccc(-c2ccc3c(c2)oc2cccc(N(c4ccc(-c5ccc6c(ccc7ccccc76)c5)cc4)c4ccc(-c5ccccc5)c5oc6cc(-c7ccccc7)ccc6c45)c23)cc1. The summed E-state index contributed by atoms with van der Waals surface area (Å²) >= 11 is 0. The molecule has 0 bridgehead atoms. The molecule has 0 unspecified atom stereocenters. The molecule has 0 aliphatic heterocycles. The third-order valence-corrected chi connectivity index (χ3v) is 13.1. The predicted molar refractivity (Wildman–Crippen MR) is 272 cm³/mol. The van der Waals surface area contributed by atoms with E-state index in [-0.39, 0.29) is 0 Å². The molecule has 0 fully saturated rings. The summed E-state index contributed by atoms with van der Waals surface area (Å²) in [6, 6.07) is 84.5. The summed E-state index contributed by atoms with van der Waals surface area (Å²) in [6.07, 6.45) is 0. The molecule has 0 saturated heterocycles. The third kappa shape index (κ3) is 6.20. The van der Waals surface area contributed by atoms with Crippen LogP contribution in [0.3, 0.4) is 0 Å². The lowest BCUT2D eigenvalue weighted by Crippen LogP contribution is -2.11. The Kier molecular flexibility index (Phi) is 8.53. The molecule has 65 heavy (non-hydrogen) atoms. The molecular weight excluding hydrogens is 791 g/mol. The number of nitrogens with zero attached hydrogens (tertiary/aromatic N) is 1. The lowest BCUT2D eigenvalue weighted by Gasteiger charge is -2.27. The lowest BCUT2D eigenvalue weighted by molar-refractivity contribution is 0.669. The number of anilines is 3. The molecule has 3 heteroatoms. The maximum absolute atomic E-state index is 7.05. The van der Waals surface area contributed by atoms with Gasteiger partial charge in [0, 0.05) is 22.0 Å². The van der Waals surface area contributed by atoms with Crippen LogP contribution in [0.4, 0.5) is 17.1 Å². The summed E-state index contributed by atoms with van der Waals surface area (Å²) in [5.74, 6) is 0. The fraction of sp³-hybridized carbons (Fsp3) is 0. The highest BCUT2D eigenvalue weighted by molar-refractivity contribution is 6.20. The lowest BCUT2D eigenvalue weighted by atomic mass is 9.97. The molecule has 13 rings (SSSR count). The Morgan fingerprint density at radius 3 is 1.51 bits per heavy atom. The minimum Gasteiger partial charge on any atom is -0.456 e.